The normalized spacial score (nSPS) is 26.5. The molecule has 3 saturated heterocycles. The fourth-order valence-electron chi connectivity index (χ4n) is 7.29. The van der Waals surface area contributed by atoms with E-state index in [2.05, 4.69) is 31.1 Å². The molecule has 1 aromatic rings. The molecule has 206 valence electrons. The summed E-state index contributed by atoms with van der Waals surface area (Å²) in [6.07, 6.45) is 18.3. The third-order valence-electron chi connectivity index (χ3n) is 9.40. The maximum absolute atomic E-state index is 12.9. The highest BCUT2D eigenvalue weighted by Gasteiger charge is 2.39. The molecule has 0 radical (unpaired) electrons. The number of hydrogen-bond acceptors (Lipinski definition) is 7. The van der Waals surface area contributed by atoms with Crippen molar-refractivity contribution in [3.63, 3.8) is 0 Å². The van der Waals surface area contributed by atoms with Gasteiger partial charge in [0.15, 0.2) is 0 Å². The highest BCUT2D eigenvalue weighted by molar-refractivity contribution is 5.76. The molecule has 0 aromatic carbocycles. The van der Waals surface area contributed by atoms with Crippen LogP contribution in [0.5, 0.6) is 0 Å². The molecular weight excluding hydrogens is 462 g/mol. The average Bonchev–Trinajstić information content (AvgIpc) is 3.49. The van der Waals surface area contributed by atoms with Gasteiger partial charge >= 0.3 is 0 Å². The third kappa shape index (κ3) is 6.94. The van der Waals surface area contributed by atoms with E-state index in [1.54, 1.807) is 0 Å². The number of likely N-dealkylation sites (tertiary alicyclic amines) is 2. The summed E-state index contributed by atoms with van der Waals surface area (Å²) >= 11 is 0. The van der Waals surface area contributed by atoms with Crippen molar-refractivity contribution in [1.29, 1.82) is 0 Å². The molecule has 0 spiro atoms. The van der Waals surface area contributed by atoms with E-state index in [0.29, 0.717) is 30.0 Å². The van der Waals surface area contributed by atoms with Crippen molar-refractivity contribution < 1.29 is 4.79 Å². The average molecular weight is 512 g/mol. The fraction of sp³-hybridized carbons (Fsp3) is 0.828. The molecule has 4 heterocycles. The van der Waals surface area contributed by atoms with E-state index in [1.165, 1.54) is 51.4 Å². The van der Waals surface area contributed by atoms with Crippen LogP contribution in [0.4, 0.5) is 11.8 Å². The topological polar surface area (TPSA) is 90.6 Å². The lowest BCUT2D eigenvalue weighted by molar-refractivity contribution is -0.133. The molecule has 4 fully saturated rings. The minimum atomic E-state index is 0.341. The van der Waals surface area contributed by atoms with Crippen LogP contribution in [0, 0.1) is 5.92 Å². The second-order valence-electron chi connectivity index (χ2n) is 11.9. The highest BCUT2D eigenvalue weighted by atomic mass is 16.2. The molecule has 2 atom stereocenters. The van der Waals surface area contributed by atoms with Crippen molar-refractivity contribution in [2.75, 3.05) is 49.5 Å². The molecule has 8 heteroatoms. The maximum Gasteiger partial charge on any atom is 0.224 e. The van der Waals surface area contributed by atoms with Crippen LogP contribution in [-0.2, 0) is 4.79 Å². The van der Waals surface area contributed by atoms with Gasteiger partial charge in [-0.2, -0.15) is 4.98 Å². The van der Waals surface area contributed by atoms with Crippen molar-refractivity contribution in [3.05, 3.63) is 12.3 Å². The molecule has 1 aliphatic carbocycles. The third-order valence-corrected chi connectivity index (χ3v) is 9.40. The number of nitrogens with two attached hydrogens (primary N) is 1. The fourth-order valence-corrected chi connectivity index (χ4v) is 7.29. The number of amides is 1. The van der Waals surface area contributed by atoms with Gasteiger partial charge in [0.05, 0.1) is 0 Å². The number of anilines is 2. The lowest BCUT2D eigenvalue weighted by Gasteiger charge is -2.40. The lowest BCUT2D eigenvalue weighted by Crippen LogP contribution is -2.50. The standard InChI is InChI=1S/C29H49N7O/c30-15-7-10-26-25(32-29-31-16-11-27(33-29)34-17-5-1-2-6-18-34)14-21-36(26)24-12-19-35(20-13-24)28(37)22-23-8-3-4-9-23/h11,16,23-26H,1-10,12-15,17-22,30H2,(H,31,32,33). The number of nitrogens with zero attached hydrogens (tertiary/aromatic N) is 5. The predicted molar refractivity (Wildman–Crippen MR) is 150 cm³/mol. The molecule has 5 rings (SSSR count). The van der Waals surface area contributed by atoms with E-state index < -0.39 is 0 Å². The molecule has 1 saturated carbocycles. The van der Waals surface area contributed by atoms with Gasteiger partial charge in [-0.05, 0) is 76.3 Å². The summed E-state index contributed by atoms with van der Waals surface area (Å²) in [4.78, 5) is 29.7. The van der Waals surface area contributed by atoms with Crippen LogP contribution >= 0.6 is 0 Å². The van der Waals surface area contributed by atoms with Crippen molar-refractivity contribution in [2.45, 2.75) is 108 Å². The van der Waals surface area contributed by atoms with Gasteiger partial charge in [0.25, 0.3) is 0 Å². The minimum absolute atomic E-state index is 0.341. The number of hydrogen-bond donors (Lipinski definition) is 2. The molecule has 3 N–H and O–H groups in total. The van der Waals surface area contributed by atoms with E-state index >= 15 is 0 Å². The molecule has 8 nitrogen and oxygen atoms in total. The minimum Gasteiger partial charge on any atom is -0.356 e. The Bertz CT molecular complexity index is 844. The quantitative estimate of drug-likeness (QED) is 0.517. The van der Waals surface area contributed by atoms with Gasteiger partial charge in [-0.15, -0.1) is 0 Å². The first-order valence-electron chi connectivity index (χ1n) is 15.3. The molecule has 37 heavy (non-hydrogen) atoms. The summed E-state index contributed by atoms with van der Waals surface area (Å²) in [7, 11) is 0. The second kappa shape index (κ2) is 13.2. The highest BCUT2D eigenvalue weighted by Crippen LogP contribution is 2.32. The summed E-state index contributed by atoms with van der Waals surface area (Å²) in [5.74, 6) is 2.85. The largest absolute Gasteiger partial charge is 0.356 e. The predicted octanol–water partition coefficient (Wildman–Crippen LogP) is 4.02. The zero-order valence-electron chi connectivity index (χ0n) is 22.8. The van der Waals surface area contributed by atoms with Crippen molar-refractivity contribution in [2.24, 2.45) is 11.7 Å². The number of carbonyl (C=O) groups is 1. The Balaban J connectivity index is 1.18. The second-order valence-corrected chi connectivity index (χ2v) is 11.9. The monoisotopic (exact) mass is 511 g/mol. The summed E-state index contributed by atoms with van der Waals surface area (Å²) < 4.78 is 0. The van der Waals surface area contributed by atoms with E-state index in [-0.39, 0.29) is 0 Å². The van der Waals surface area contributed by atoms with E-state index in [9.17, 15) is 4.79 Å². The molecular formula is C29H49N7O. The van der Waals surface area contributed by atoms with Crippen LogP contribution in [0.25, 0.3) is 0 Å². The van der Waals surface area contributed by atoms with Crippen molar-refractivity contribution >= 4 is 17.7 Å². The first-order chi connectivity index (χ1) is 18.2. The SMILES string of the molecule is NCCCC1C(Nc2nccc(N3CCCCCC3)n2)CCN1C1CCN(C(=O)CC2CCCC2)CC1. The van der Waals surface area contributed by atoms with Crippen molar-refractivity contribution in [3.8, 4) is 0 Å². The Labute approximate surface area is 223 Å². The molecule has 3 aliphatic heterocycles. The first kappa shape index (κ1) is 26.7. The van der Waals surface area contributed by atoms with Crippen LogP contribution in [0.3, 0.4) is 0 Å². The Morgan fingerprint density at radius 1 is 0.946 bits per heavy atom. The Kier molecular flexibility index (Phi) is 9.54. The maximum atomic E-state index is 12.9. The van der Waals surface area contributed by atoms with Crippen LogP contribution in [0.2, 0.25) is 0 Å². The first-order valence-corrected chi connectivity index (χ1v) is 15.3. The van der Waals surface area contributed by atoms with Crippen molar-refractivity contribution in [1.82, 2.24) is 19.8 Å². The molecule has 1 amide bonds. The molecule has 2 unspecified atom stereocenters. The van der Waals surface area contributed by atoms with Crippen LogP contribution in [-0.4, -0.2) is 83.1 Å². The number of nitrogens with one attached hydrogen (secondary N) is 1. The smallest absolute Gasteiger partial charge is 0.224 e. The summed E-state index contributed by atoms with van der Waals surface area (Å²) in [5, 5.41) is 3.74. The van der Waals surface area contributed by atoms with Gasteiger partial charge in [0.2, 0.25) is 11.9 Å². The van der Waals surface area contributed by atoms with Crippen LogP contribution in [0.15, 0.2) is 12.3 Å². The van der Waals surface area contributed by atoms with Gasteiger partial charge in [0, 0.05) is 63.5 Å². The van der Waals surface area contributed by atoms with Gasteiger partial charge in [0.1, 0.15) is 5.82 Å². The zero-order valence-corrected chi connectivity index (χ0v) is 22.8. The van der Waals surface area contributed by atoms with Crippen LogP contribution in [0.1, 0.15) is 89.9 Å². The van der Waals surface area contributed by atoms with Crippen LogP contribution < -0.4 is 16.0 Å². The Morgan fingerprint density at radius 2 is 1.70 bits per heavy atom. The number of carbonyl (C=O) groups excluding carboxylic acids is 1. The summed E-state index contributed by atoms with van der Waals surface area (Å²) in [5.41, 5.74) is 5.95. The van der Waals surface area contributed by atoms with Gasteiger partial charge < -0.3 is 20.9 Å². The Hall–Kier alpha value is -1.93. The summed E-state index contributed by atoms with van der Waals surface area (Å²) in [6.45, 7) is 5.83. The number of rotatable bonds is 9. The Morgan fingerprint density at radius 3 is 2.43 bits per heavy atom. The van der Waals surface area contributed by atoms with Gasteiger partial charge in [-0.1, -0.05) is 25.7 Å². The lowest BCUT2D eigenvalue weighted by atomic mass is 9.97. The summed E-state index contributed by atoms with van der Waals surface area (Å²) in [6, 6.07) is 3.40. The van der Waals surface area contributed by atoms with E-state index in [1.807, 2.05) is 6.20 Å². The van der Waals surface area contributed by atoms with Gasteiger partial charge in [-0.3, -0.25) is 9.69 Å². The van der Waals surface area contributed by atoms with Gasteiger partial charge in [-0.25, -0.2) is 4.98 Å². The number of aromatic nitrogens is 2. The molecule has 0 bridgehead atoms. The zero-order chi connectivity index (χ0) is 25.5. The van der Waals surface area contributed by atoms with E-state index in [0.717, 1.165) is 89.6 Å². The molecule has 4 aliphatic rings. The number of piperidine rings is 1. The van der Waals surface area contributed by atoms with E-state index in [4.69, 9.17) is 10.7 Å². The molecule has 1 aromatic heterocycles.